The van der Waals surface area contributed by atoms with Crippen molar-refractivity contribution in [2.75, 3.05) is 42.6 Å². The van der Waals surface area contributed by atoms with Gasteiger partial charge in [-0.1, -0.05) is 23.2 Å². The van der Waals surface area contributed by atoms with Gasteiger partial charge in [0.05, 0.1) is 40.6 Å². The van der Waals surface area contributed by atoms with Crippen LogP contribution in [0.25, 0.3) is 16.6 Å². The maximum Gasteiger partial charge on any atom is 0.407 e. The Morgan fingerprint density at radius 3 is 2.53 bits per heavy atom. The Kier molecular flexibility index (Phi) is 9.89. The largest absolute Gasteiger partial charge is 0.474 e. The van der Waals surface area contributed by atoms with Crippen LogP contribution in [0.15, 0.2) is 59.8 Å². The summed E-state index contributed by atoms with van der Waals surface area (Å²) in [5, 5.41) is 3.95. The van der Waals surface area contributed by atoms with Gasteiger partial charge in [0, 0.05) is 43.6 Å². The number of hydrogen-bond donors (Lipinski definition) is 1. The number of alkyl carbamates (subject to hydrolysis) is 1. The molecule has 5 heterocycles. The van der Waals surface area contributed by atoms with Gasteiger partial charge in [0.15, 0.2) is 5.82 Å². The number of esters is 1. The molecule has 2 aliphatic rings. The molecule has 2 saturated heterocycles. The normalized spacial score (nSPS) is 16.4. The fourth-order valence-corrected chi connectivity index (χ4v) is 6.57. The molecule has 1 N–H and O–H groups in total. The molecule has 0 spiro atoms. The molecule has 1 atom stereocenters. The molecule has 0 bridgehead atoms. The topological polar surface area (TPSA) is 128 Å². The first kappa shape index (κ1) is 34.3. The number of nitrogens with one attached hydrogen (secondary N) is 1. The van der Waals surface area contributed by atoms with E-state index in [1.165, 1.54) is 6.20 Å². The van der Waals surface area contributed by atoms with E-state index in [2.05, 4.69) is 20.2 Å². The number of hydrogen-bond acceptors (Lipinski definition) is 10. The third-order valence-electron chi connectivity index (χ3n) is 8.32. The molecule has 49 heavy (non-hydrogen) atoms. The standard InChI is InChI=1S/C35H38Cl2N6O6/c1-5-47-33(45)24-19-43(27-11-7-12-38-31(27)41-17-21(18-41)40-34(46)49-35(2,3)4)28-16-29(26(37)15-23(28)30(24)44)42-14-8-9-22(42)20-48-32-25(36)10-6-13-39-32/h6-7,10-13,15-16,19,21-22H,5,8-9,14,17-18,20H2,1-4H3,(H,40,46)/t22-/m1/s1. The minimum Gasteiger partial charge on any atom is -0.474 e. The van der Waals surface area contributed by atoms with Crippen LogP contribution >= 0.6 is 23.2 Å². The number of anilines is 2. The van der Waals surface area contributed by atoms with Crippen LogP contribution in [-0.2, 0) is 9.47 Å². The molecule has 1 aromatic carbocycles. The van der Waals surface area contributed by atoms with Gasteiger partial charge in [0.2, 0.25) is 11.3 Å². The zero-order valence-corrected chi connectivity index (χ0v) is 29.3. The number of aromatic nitrogens is 3. The van der Waals surface area contributed by atoms with Gasteiger partial charge in [-0.3, -0.25) is 4.79 Å². The lowest BCUT2D eigenvalue weighted by Crippen LogP contribution is -2.60. The Bertz CT molecular complexity index is 1940. The molecule has 0 radical (unpaired) electrons. The summed E-state index contributed by atoms with van der Waals surface area (Å²) in [6.07, 6.45) is 6.09. The third-order valence-corrected chi connectivity index (χ3v) is 8.91. The van der Waals surface area contributed by atoms with Crippen molar-refractivity contribution in [3.8, 4) is 11.6 Å². The van der Waals surface area contributed by atoms with Gasteiger partial charge < -0.3 is 33.9 Å². The van der Waals surface area contributed by atoms with Gasteiger partial charge in [-0.05, 0) is 76.9 Å². The monoisotopic (exact) mass is 708 g/mol. The maximum atomic E-state index is 13.8. The number of amides is 1. The minimum absolute atomic E-state index is 0.0311. The van der Waals surface area contributed by atoms with Gasteiger partial charge in [-0.25, -0.2) is 19.6 Å². The van der Waals surface area contributed by atoms with E-state index in [1.807, 2.05) is 37.8 Å². The molecule has 3 aromatic heterocycles. The summed E-state index contributed by atoms with van der Waals surface area (Å²) in [4.78, 5) is 52.3. The Labute approximate surface area is 293 Å². The van der Waals surface area contributed by atoms with Gasteiger partial charge in [0.25, 0.3) is 0 Å². The molecule has 12 nitrogen and oxygen atoms in total. The van der Waals surface area contributed by atoms with E-state index in [4.69, 9.17) is 37.4 Å². The Hall–Kier alpha value is -4.55. The zero-order chi connectivity index (χ0) is 34.9. The van der Waals surface area contributed by atoms with Crippen LogP contribution in [0.1, 0.15) is 50.9 Å². The van der Waals surface area contributed by atoms with Crippen molar-refractivity contribution in [1.29, 1.82) is 0 Å². The van der Waals surface area contributed by atoms with Crippen molar-refractivity contribution >= 4 is 57.7 Å². The summed E-state index contributed by atoms with van der Waals surface area (Å²) in [6, 6.07) is 10.4. The van der Waals surface area contributed by atoms with Crippen LogP contribution in [0.4, 0.5) is 16.3 Å². The first-order valence-corrected chi connectivity index (χ1v) is 16.9. The fourth-order valence-electron chi connectivity index (χ4n) is 6.12. The molecule has 0 aliphatic carbocycles. The second-order valence-corrected chi connectivity index (χ2v) is 13.8. The predicted octanol–water partition coefficient (Wildman–Crippen LogP) is 6.03. The van der Waals surface area contributed by atoms with Crippen LogP contribution in [0.5, 0.6) is 5.88 Å². The number of benzene rings is 1. The molecule has 0 saturated carbocycles. The quantitative estimate of drug-likeness (QED) is 0.206. The van der Waals surface area contributed by atoms with Crippen LogP contribution in [0.3, 0.4) is 0 Å². The van der Waals surface area contributed by atoms with E-state index in [-0.39, 0.29) is 29.6 Å². The average molecular weight is 710 g/mol. The lowest BCUT2D eigenvalue weighted by atomic mass is 10.1. The van der Waals surface area contributed by atoms with Gasteiger partial charge in [-0.15, -0.1) is 0 Å². The molecular weight excluding hydrogens is 671 g/mol. The lowest BCUT2D eigenvalue weighted by Gasteiger charge is -2.41. The Morgan fingerprint density at radius 2 is 1.80 bits per heavy atom. The molecule has 0 unspecified atom stereocenters. The Morgan fingerprint density at radius 1 is 1.04 bits per heavy atom. The van der Waals surface area contributed by atoms with Gasteiger partial charge in [-0.2, -0.15) is 0 Å². The molecule has 14 heteroatoms. The highest BCUT2D eigenvalue weighted by Crippen LogP contribution is 2.37. The van der Waals surface area contributed by atoms with Crippen LogP contribution in [-0.4, -0.2) is 77.1 Å². The minimum atomic E-state index is -0.732. The van der Waals surface area contributed by atoms with Crippen LogP contribution in [0, 0.1) is 0 Å². The fraction of sp³-hybridized carbons (Fsp3) is 0.400. The molecule has 6 rings (SSSR count). The molecular formula is C35H38Cl2N6O6. The number of rotatable bonds is 9. The van der Waals surface area contributed by atoms with Gasteiger partial charge >= 0.3 is 12.1 Å². The lowest BCUT2D eigenvalue weighted by molar-refractivity contribution is 0.0492. The highest BCUT2D eigenvalue weighted by molar-refractivity contribution is 6.34. The smallest absolute Gasteiger partial charge is 0.407 e. The van der Waals surface area contributed by atoms with E-state index < -0.39 is 23.1 Å². The number of carbonyl (C=O) groups is 2. The van der Waals surface area contributed by atoms with E-state index in [9.17, 15) is 14.4 Å². The second-order valence-electron chi connectivity index (χ2n) is 13.0. The van der Waals surface area contributed by atoms with Crippen molar-refractivity contribution in [1.82, 2.24) is 19.9 Å². The molecule has 4 aromatic rings. The number of pyridine rings is 3. The summed E-state index contributed by atoms with van der Waals surface area (Å²) in [5.41, 5.74) is 0.671. The number of nitrogens with zero attached hydrogens (tertiary/aromatic N) is 5. The van der Waals surface area contributed by atoms with Gasteiger partial charge in [0.1, 0.15) is 22.8 Å². The van der Waals surface area contributed by atoms with E-state index in [0.29, 0.717) is 52.6 Å². The van der Waals surface area contributed by atoms with Crippen molar-refractivity contribution in [2.45, 2.75) is 58.2 Å². The molecule has 2 fully saturated rings. The van der Waals surface area contributed by atoms with Crippen molar-refractivity contribution in [3.05, 3.63) is 80.8 Å². The highest BCUT2D eigenvalue weighted by Gasteiger charge is 2.33. The van der Waals surface area contributed by atoms with E-state index in [0.717, 1.165) is 25.1 Å². The SMILES string of the molecule is CCOC(=O)c1cn(-c2cccnc2N2CC(NC(=O)OC(C)(C)C)C2)c2cc(N3CCC[C@@H]3COc3ncccc3Cl)c(Cl)cc2c1=O. The summed E-state index contributed by atoms with van der Waals surface area (Å²) in [7, 11) is 0. The Balaban J connectivity index is 1.37. The summed E-state index contributed by atoms with van der Waals surface area (Å²) >= 11 is 13.2. The average Bonchev–Trinajstić information content (AvgIpc) is 3.50. The summed E-state index contributed by atoms with van der Waals surface area (Å²) in [6.45, 7) is 9.25. The van der Waals surface area contributed by atoms with Crippen LogP contribution in [0.2, 0.25) is 10.0 Å². The first-order valence-electron chi connectivity index (χ1n) is 16.2. The highest BCUT2D eigenvalue weighted by atomic mass is 35.5. The first-order chi connectivity index (χ1) is 23.4. The van der Waals surface area contributed by atoms with Crippen molar-refractivity contribution < 1.29 is 23.8 Å². The summed E-state index contributed by atoms with van der Waals surface area (Å²) < 4.78 is 18.5. The molecule has 1 amide bonds. The van der Waals surface area contributed by atoms with E-state index >= 15 is 0 Å². The second kappa shape index (κ2) is 14.1. The number of ether oxygens (including phenoxy) is 3. The molecule has 258 valence electrons. The number of halogens is 2. The van der Waals surface area contributed by atoms with Crippen molar-refractivity contribution in [3.63, 3.8) is 0 Å². The predicted molar refractivity (Wildman–Crippen MR) is 189 cm³/mol. The number of carbonyl (C=O) groups excluding carboxylic acids is 2. The summed E-state index contributed by atoms with van der Waals surface area (Å²) in [5.74, 6) is 0.240. The number of fused-ring (bicyclic) bond motifs is 1. The van der Waals surface area contributed by atoms with E-state index in [1.54, 1.807) is 48.1 Å². The zero-order valence-electron chi connectivity index (χ0n) is 27.7. The third kappa shape index (κ3) is 7.40. The van der Waals surface area contributed by atoms with Crippen LogP contribution < -0.4 is 25.3 Å². The maximum absolute atomic E-state index is 13.8. The van der Waals surface area contributed by atoms with Crippen molar-refractivity contribution in [2.24, 2.45) is 0 Å². The molecule has 2 aliphatic heterocycles.